The molecule has 0 saturated carbocycles. The molecule has 1 heterocycles. The zero-order valence-electron chi connectivity index (χ0n) is 19.6. The Kier molecular flexibility index (Phi) is 6.27. The molecule has 0 spiro atoms. The molecule has 1 aliphatic rings. The quantitative estimate of drug-likeness (QED) is 0.285. The van der Waals surface area contributed by atoms with Crippen molar-refractivity contribution in [2.45, 2.75) is 13.8 Å². The van der Waals surface area contributed by atoms with E-state index in [1.54, 1.807) is 25.1 Å². The van der Waals surface area contributed by atoms with Crippen molar-refractivity contribution in [3.63, 3.8) is 0 Å². The Morgan fingerprint density at radius 1 is 0.853 bits per heavy atom. The zero-order chi connectivity index (χ0) is 24.4. The fourth-order valence-corrected chi connectivity index (χ4v) is 3.65. The van der Waals surface area contributed by atoms with Crippen molar-refractivity contribution in [3.05, 3.63) is 82.1 Å². The van der Waals surface area contributed by atoms with Crippen LogP contribution in [-0.2, 0) is 0 Å². The minimum atomic E-state index is -0.623. The normalized spacial score (nSPS) is 13.3. The van der Waals surface area contributed by atoms with Crippen LogP contribution in [0.4, 0.5) is 0 Å². The van der Waals surface area contributed by atoms with Crippen LogP contribution in [0.2, 0.25) is 0 Å². The van der Waals surface area contributed by atoms with E-state index in [1.165, 1.54) is 33.5 Å². The van der Waals surface area contributed by atoms with Gasteiger partial charge in [0.15, 0.2) is 17.3 Å². The second-order valence-corrected chi connectivity index (χ2v) is 7.72. The van der Waals surface area contributed by atoms with Crippen LogP contribution in [-0.4, -0.2) is 33.1 Å². The molecule has 174 valence electrons. The van der Waals surface area contributed by atoms with Gasteiger partial charge >= 0.3 is 5.97 Å². The van der Waals surface area contributed by atoms with Crippen molar-refractivity contribution < 1.29 is 33.3 Å². The summed E-state index contributed by atoms with van der Waals surface area (Å²) in [5, 5.41) is 0. The monoisotopic (exact) mass is 460 g/mol. The van der Waals surface area contributed by atoms with Crippen molar-refractivity contribution in [3.8, 4) is 28.7 Å². The van der Waals surface area contributed by atoms with E-state index in [4.69, 9.17) is 23.7 Å². The summed E-state index contributed by atoms with van der Waals surface area (Å²) in [6, 6.07) is 14.0. The van der Waals surface area contributed by atoms with E-state index in [0.717, 1.165) is 11.1 Å². The Balaban J connectivity index is 1.61. The highest BCUT2D eigenvalue weighted by Crippen LogP contribution is 2.41. The predicted octanol–water partition coefficient (Wildman–Crippen LogP) is 5.16. The van der Waals surface area contributed by atoms with E-state index in [-0.39, 0.29) is 22.9 Å². The van der Waals surface area contributed by atoms with Crippen molar-refractivity contribution in [1.82, 2.24) is 0 Å². The van der Waals surface area contributed by atoms with Gasteiger partial charge in [-0.2, -0.15) is 0 Å². The summed E-state index contributed by atoms with van der Waals surface area (Å²) in [5.74, 6) is 1.06. The van der Waals surface area contributed by atoms with Gasteiger partial charge in [0.05, 0.1) is 32.5 Å². The number of carbonyl (C=O) groups excluding carboxylic acids is 2. The highest BCUT2D eigenvalue weighted by molar-refractivity contribution is 6.15. The van der Waals surface area contributed by atoms with E-state index in [2.05, 4.69) is 0 Å². The first-order valence-corrected chi connectivity index (χ1v) is 10.5. The number of hydrogen-bond acceptors (Lipinski definition) is 7. The van der Waals surface area contributed by atoms with E-state index < -0.39 is 5.97 Å². The molecule has 7 nitrogen and oxygen atoms in total. The summed E-state index contributed by atoms with van der Waals surface area (Å²) < 4.78 is 27.4. The molecule has 0 aromatic heterocycles. The summed E-state index contributed by atoms with van der Waals surface area (Å²) in [6.45, 7) is 3.73. The van der Waals surface area contributed by atoms with Crippen molar-refractivity contribution in [1.29, 1.82) is 0 Å². The lowest BCUT2D eigenvalue weighted by Gasteiger charge is -2.14. The number of methoxy groups -OCH3 is 3. The summed E-state index contributed by atoms with van der Waals surface area (Å²) in [4.78, 5) is 25.7. The fraction of sp³-hybridized carbons (Fsp3) is 0.185. The molecule has 7 heteroatoms. The third kappa shape index (κ3) is 4.20. The average Bonchev–Trinajstić information content (AvgIpc) is 3.16. The van der Waals surface area contributed by atoms with Crippen LogP contribution in [0.5, 0.6) is 28.7 Å². The van der Waals surface area contributed by atoms with E-state index in [1.807, 2.05) is 31.2 Å². The first-order valence-electron chi connectivity index (χ1n) is 10.5. The molecule has 0 aliphatic carbocycles. The van der Waals surface area contributed by atoms with Crippen LogP contribution in [0.15, 0.2) is 54.3 Å². The number of allylic oxidation sites excluding steroid dienone is 1. The van der Waals surface area contributed by atoms with Crippen molar-refractivity contribution in [2.24, 2.45) is 0 Å². The lowest BCUT2D eigenvalue weighted by atomic mass is 10.1. The van der Waals surface area contributed by atoms with Crippen LogP contribution in [0, 0.1) is 13.8 Å². The van der Waals surface area contributed by atoms with E-state index in [9.17, 15) is 9.59 Å². The fourth-order valence-electron chi connectivity index (χ4n) is 3.65. The molecule has 0 saturated heterocycles. The molecule has 0 N–H and O–H groups in total. The standard InChI is InChI=1S/C27H24O7/c1-15-6-8-17(9-7-15)12-21-24(28)19-10-11-20(16(2)25(19)33-21)34-27(29)18-13-22(30-3)26(32-5)23(14-18)31-4/h6-14H,1-5H3/b21-12-. The molecule has 0 bridgehead atoms. The molecule has 0 amide bonds. The molecule has 1 aliphatic heterocycles. The SMILES string of the molecule is COc1cc(C(=O)Oc2ccc3c(c2C)O/C(=C\c2ccc(C)cc2)C3=O)cc(OC)c1OC. The van der Waals surface area contributed by atoms with E-state index in [0.29, 0.717) is 34.1 Å². The number of benzene rings is 3. The molecule has 0 radical (unpaired) electrons. The second kappa shape index (κ2) is 9.31. The van der Waals surface area contributed by atoms with Crippen LogP contribution in [0.1, 0.15) is 37.4 Å². The number of fused-ring (bicyclic) bond motifs is 1. The number of aryl methyl sites for hydroxylation is 1. The Bertz CT molecular complexity index is 1280. The number of hydrogen-bond donors (Lipinski definition) is 0. The van der Waals surface area contributed by atoms with Gasteiger partial charge in [-0.15, -0.1) is 0 Å². The lowest BCUT2D eigenvalue weighted by Crippen LogP contribution is -2.10. The third-order valence-electron chi connectivity index (χ3n) is 5.51. The highest BCUT2D eigenvalue weighted by Gasteiger charge is 2.31. The third-order valence-corrected chi connectivity index (χ3v) is 5.51. The van der Waals surface area contributed by atoms with Crippen LogP contribution >= 0.6 is 0 Å². The maximum absolute atomic E-state index is 12.9. The summed E-state index contributed by atoms with van der Waals surface area (Å²) in [5.41, 5.74) is 3.15. The molecule has 4 rings (SSSR count). The molecule has 0 fully saturated rings. The molecule has 3 aromatic rings. The van der Waals surface area contributed by atoms with Crippen LogP contribution < -0.4 is 23.7 Å². The average molecular weight is 460 g/mol. The number of ether oxygens (including phenoxy) is 5. The molecular weight excluding hydrogens is 436 g/mol. The number of esters is 1. The van der Waals surface area contributed by atoms with Gasteiger partial charge in [0.25, 0.3) is 0 Å². The first kappa shape index (κ1) is 22.9. The molecule has 34 heavy (non-hydrogen) atoms. The number of Topliss-reactive ketones (excluding diaryl/α,β-unsaturated/α-hetero) is 1. The van der Waals surface area contributed by atoms with Gasteiger partial charge in [-0.3, -0.25) is 4.79 Å². The number of rotatable bonds is 6. The zero-order valence-corrected chi connectivity index (χ0v) is 19.6. The Hall–Kier alpha value is -4.26. The largest absolute Gasteiger partial charge is 0.493 e. The van der Waals surface area contributed by atoms with Gasteiger partial charge < -0.3 is 23.7 Å². The molecular formula is C27H24O7. The second-order valence-electron chi connectivity index (χ2n) is 7.72. The summed E-state index contributed by atoms with van der Waals surface area (Å²) in [7, 11) is 4.41. The Labute approximate surface area is 197 Å². The first-order chi connectivity index (χ1) is 16.4. The maximum atomic E-state index is 12.9. The van der Waals surface area contributed by atoms with E-state index >= 15 is 0 Å². The minimum absolute atomic E-state index is 0.214. The Morgan fingerprint density at radius 3 is 2.09 bits per heavy atom. The van der Waals surface area contributed by atoms with Crippen LogP contribution in [0.3, 0.4) is 0 Å². The van der Waals surface area contributed by atoms with Crippen molar-refractivity contribution in [2.75, 3.05) is 21.3 Å². The summed E-state index contributed by atoms with van der Waals surface area (Å²) >= 11 is 0. The lowest BCUT2D eigenvalue weighted by molar-refractivity contribution is 0.0732. The Morgan fingerprint density at radius 2 is 1.50 bits per heavy atom. The number of ketones is 1. The minimum Gasteiger partial charge on any atom is -0.493 e. The smallest absolute Gasteiger partial charge is 0.343 e. The van der Waals surface area contributed by atoms with Gasteiger partial charge in [-0.05, 0) is 49.8 Å². The maximum Gasteiger partial charge on any atom is 0.343 e. The molecule has 0 atom stereocenters. The van der Waals surface area contributed by atoms with Gasteiger partial charge in [-0.25, -0.2) is 4.79 Å². The van der Waals surface area contributed by atoms with Crippen molar-refractivity contribution >= 4 is 17.8 Å². The van der Waals surface area contributed by atoms with Gasteiger partial charge in [0.2, 0.25) is 11.5 Å². The molecule has 0 unspecified atom stereocenters. The topological polar surface area (TPSA) is 80.3 Å². The predicted molar refractivity (Wildman–Crippen MR) is 126 cm³/mol. The van der Waals surface area contributed by atoms with Gasteiger partial charge in [0, 0.05) is 5.56 Å². The van der Waals surface area contributed by atoms with Gasteiger partial charge in [-0.1, -0.05) is 29.8 Å². The van der Waals surface area contributed by atoms with Crippen LogP contribution in [0.25, 0.3) is 6.08 Å². The van der Waals surface area contributed by atoms with Gasteiger partial charge in [0.1, 0.15) is 11.5 Å². The molecule has 3 aromatic carbocycles. The number of carbonyl (C=O) groups is 2. The summed E-state index contributed by atoms with van der Waals surface area (Å²) in [6.07, 6.45) is 1.70. The highest BCUT2D eigenvalue weighted by atomic mass is 16.5.